The normalized spacial score (nSPS) is 32.0. The van der Waals surface area contributed by atoms with Gasteiger partial charge in [0.2, 0.25) is 0 Å². The highest BCUT2D eigenvalue weighted by Gasteiger charge is 2.36. The molecule has 0 amide bonds. The lowest BCUT2D eigenvalue weighted by atomic mass is 9.93. The smallest absolute Gasteiger partial charge is 0.0409 e. The Kier molecular flexibility index (Phi) is 4.25. The van der Waals surface area contributed by atoms with E-state index < -0.39 is 0 Å². The molecule has 2 fully saturated rings. The zero-order chi connectivity index (χ0) is 14.9. The van der Waals surface area contributed by atoms with E-state index in [0.717, 1.165) is 29.3 Å². The van der Waals surface area contributed by atoms with Crippen LogP contribution < -0.4 is 0 Å². The summed E-state index contributed by atoms with van der Waals surface area (Å²) in [6, 6.07) is 8.28. The third-order valence-corrected chi connectivity index (χ3v) is 5.90. The highest BCUT2D eigenvalue weighted by Crippen LogP contribution is 2.43. The fourth-order valence-corrected chi connectivity index (χ4v) is 4.67. The van der Waals surface area contributed by atoms with E-state index in [2.05, 4.69) is 40.2 Å². The fourth-order valence-electron chi connectivity index (χ4n) is 4.46. The minimum Gasteiger partial charge on any atom is -0.300 e. The van der Waals surface area contributed by atoms with Crippen molar-refractivity contribution in [3.8, 4) is 0 Å². The lowest BCUT2D eigenvalue weighted by Crippen LogP contribution is -2.47. The van der Waals surface area contributed by atoms with Gasteiger partial charge in [-0.3, -0.25) is 4.90 Å². The summed E-state index contributed by atoms with van der Waals surface area (Å²) in [6.07, 6.45) is 7.79. The molecular formula is C19H25ClN2. The van der Waals surface area contributed by atoms with E-state index in [-0.39, 0.29) is 0 Å². The molecule has 1 aromatic rings. The summed E-state index contributed by atoms with van der Waals surface area (Å²) < 4.78 is 0. The van der Waals surface area contributed by atoms with E-state index in [4.69, 9.17) is 11.6 Å². The number of benzene rings is 1. The van der Waals surface area contributed by atoms with Crippen LogP contribution in [0.3, 0.4) is 0 Å². The third kappa shape index (κ3) is 3.24. The topological polar surface area (TPSA) is 6.48 Å². The van der Waals surface area contributed by atoms with Crippen LogP contribution in [0.25, 0.3) is 0 Å². The molecule has 0 radical (unpaired) electrons. The standard InChI is InChI=1S/C19H25ClN2/c20-19-3-1-2-16(12-19)13-21-6-8-22(9-7-21)14-18-11-15-4-5-17(18)10-15/h1-5,12,15,17-18H,6-11,13-14H2/t15-,17+,18-/m1/s1. The second-order valence-corrected chi connectivity index (χ2v) is 7.68. The number of fused-ring (bicyclic) bond motifs is 2. The molecule has 1 saturated heterocycles. The predicted molar refractivity (Wildman–Crippen MR) is 92.0 cm³/mol. The summed E-state index contributed by atoms with van der Waals surface area (Å²) >= 11 is 6.08. The van der Waals surface area contributed by atoms with Crippen molar-refractivity contribution in [1.82, 2.24) is 9.80 Å². The molecule has 0 aromatic heterocycles. The molecule has 2 aliphatic carbocycles. The van der Waals surface area contributed by atoms with Crippen LogP contribution >= 0.6 is 11.6 Å². The van der Waals surface area contributed by atoms with E-state index in [1.54, 1.807) is 0 Å². The average Bonchev–Trinajstić information content (AvgIpc) is 3.12. The van der Waals surface area contributed by atoms with Gasteiger partial charge in [-0.25, -0.2) is 0 Å². The summed E-state index contributed by atoms with van der Waals surface area (Å²) in [4.78, 5) is 5.25. The minimum absolute atomic E-state index is 0.848. The van der Waals surface area contributed by atoms with E-state index in [1.807, 2.05) is 6.07 Å². The molecule has 2 bridgehead atoms. The number of rotatable bonds is 4. The first-order chi connectivity index (χ1) is 10.8. The molecule has 118 valence electrons. The van der Waals surface area contributed by atoms with Gasteiger partial charge in [0.05, 0.1) is 0 Å². The number of piperazine rings is 1. The Morgan fingerprint density at radius 1 is 1.00 bits per heavy atom. The molecule has 0 N–H and O–H groups in total. The zero-order valence-corrected chi connectivity index (χ0v) is 13.9. The van der Waals surface area contributed by atoms with Crippen molar-refractivity contribution in [2.24, 2.45) is 17.8 Å². The molecule has 2 nitrogen and oxygen atoms in total. The van der Waals surface area contributed by atoms with Crippen molar-refractivity contribution in [3.05, 3.63) is 47.0 Å². The molecule has 4 rings (SSSR count). The molecule has 1 heterocycles. The molecule has 1 aliphatic heterocycles. The van der Waals surface area contributed by atoms with Crippen molar-refractivity contribution in [2.75, 3.05) is 32.7 Å². The maximum Gasteiger partial charge on any atom is 0.0409 e. The molecule has 22 heavy (non-hydrogen) atoms. The third-order valence-electron chi connectivity index (χ3n) is 5.67. The van der Waals surface area contributed by atoms with Gasteiger partial charge in [-0.05, 0) is 48.3 Å². The van der Waals surface area contributed by atoms with Crippen molar-refractivity contribution in [1.29, 1.82) is 0 Å². The molecule has 3 atom stereocenters. The van der Waals surface area contributed by atoms with Crippen LogP contribution in [0.4, 0.5) is 0 Å². The van der Waals surface area contributed by atoms with Gasteiger partial charge >= 0.3 is 0 Å². The molecular weight excluding hydrogens is 292 g/mol. The first-order valence-electron chi connectivity index (χ1n) is 8.64. The average molecular weight is 317 g/mol. The number of hydrogen-bond donors (Lipinski definition) is 0. The van der Waals surface area contributed by atoms with Gasteiger partial charge in [0, 0.05) is 44.3 Å². The molecule has 0 unspecified atom stereocenters. The predicted octanol–water partition coefficient (Wildman–Crippen LogP) is 3.67. The summed E-state index contributed by atoms with van der Waals surface area (Å²) in [5.74, 6) is 2.71. The second kappa shape index (κ2) is 6.35. The lowest BCUT2D eigenvalue weighted by molar-refractivity contribution is 0.108. The Balaban J connectivity index is 1.25. The van der Waals surface area contributed by atoms with Crippen LogP contribution in [0.2, 0.25) is 5.02 Å². The van der Waals surface area contributed by atoms with Gasteiger partial charge in [-0.2, -0.15) is 0 Å². The maximum absolute atomic E-state index is 6.08. The second-order valence-electron chi connectivity index (χ2n) is 7.25. The van der Waals surface area contributed by atoms with Crippen LogP contribution in [0.15, 0.2) is 36.4 Å². The summed E-state index contributed by atoms with van der Waals surface area (Å²) in [7, 11) is 0. The Labute approximate surface area is 138 Å². The summed E-state index contributed by atoms with van der Waals surface area (Å²) in [5.41, 5.74) is 1.33. The Morgan fingerprint density at radius 3 is 2.50 bits per heavy atom. The Morgan fingerprint density at radius 2 is 1.82 bits per heavy atom. The van der Waals surface area contributed by atoms with Gasteiger partial charge in [0.15, 0.2) is 0 Å². The summed E-state index contributed by atoms with van der Waals surface area (Å²) in [6.45, 7) is 7.16. The van der Waals surface area contributed by atoms with Crippen molar-refractivity contribution in [3.63, 3.8) is 0 Å². The molecule has 3 aliphatic rings. The van der Waals surface area contributed by atoms with Crippen molar-refractivity contribution >= 4 is 11.6 Å². The highest BCUT2D eigenvalue weighted by molar-refractivity contribution is 6.30. The van der Waals surface area contributed by atoms with Crippen LogP contribution in [-0.4, -0.2) is 42.5 Å². The SMILES string of the molecule is Clc1cccc(CN2CCN(C[C@H]3C[C@@H]4C=C[C@H]3C4)CC2)c1. The first kappa shape index (κ1) is 14.7. The molecule has 3 heteroatoms. The first-order valence-corrected chi connectivity index (χ1v) is 9.01. The van der Waals surface area contributed by atoms with Gasteiger partial charge in [-0.1, -0.05) is 35.9 Å². The van der Waals surface area contributed by atoms with E-state index >= 15 is 0 Å². The molecule has 0 spiro atoms. The minimum atomic E-state index is 0.848. The molecule has 1 aromatic carbocycles. The van der Waals surface area contributed by atoms with E-state index in [9.17, 15) is 0 Å². The maximum atomic E-state index is 6.08. The van der Waals surface area contributed by atoms with Gasteiger partial charge in [-0.15, -0.1) is 0 Å². The van der Waals surface area contributed by atoms with Crippen LogP contribution in [0.1, 0.15) is 18.4 Å². The summed E-state index contributed by atoms with van der Waals surface area (Å²) in [5, 5.41) is 0.848. The Hall–Kier alpha value is -0.830. The lowest BCUT2D eigenvalue weighted by Gasteiger charge is -2.37. The monoisotopic (exact) mass is 316 g/mol. The van der Waals surface area contributed by atoms with Crippen molar-refractivity contribution < 1.29 is 0 Å². The number of nitrogens with zero attached hydrogens (tertiary/aromatic N) is 2. The van der Waals surface area contributed by atoms with Crippen LogP contribution in [0, 0.1) is 17.8 Å². The van der Waals surface area contributed by atoms with Gasteiger partial charge in [0.1, 0.15) is 0 Å². The van der Waals surface area contributed by atoms with Crippen molar-refractivity contribution in [2.45, 2.75) is 19.4 Å². The van der Waals surface area contributed by atoms with Gasteiger partial charge < -0.3 is 4.90 Å². The number of allylic oxidation sites excluding steroid dienone is 2. The fraction of sp³-hybridized carbons (Fsp3) is 0.579. The van der Waals surface area contributed by atoms with Crippen LogP contribution in [-0.2, 0) is 6.54 Å². The van der Waals surface area contributed by atoms with E-state index in [1.165, 1.54) is 51.1 Å². The Bertz CT molecular complexity index is 548. The zero-order valence-electron chi connectivity index (χ0n) is 13.1. The molecule has 1 saturated carbocycles. The number of halogens is 1. The largest absolute Gasteiger partial charge is 0.300 e. The highest BCUT2D eigenvalue weighted by atomic mass is 35.5. The number of hydrogen-bond acceptors (Lipinski definition) is 2. The van der Waals surface area contributed by atoms with Crippen LogP contribution in [0.5, 0.6) is 0 Å². The quantitative estimate of drug-likeness (QED) is 0.782. The van der Waals surface area contributed by atoms with Gasteiger partial charge in [0.25, 0.3) is 0 Å². The van der Waals surface area contributed by atoms with E-state index in [0.29, 0.717) is 0 Å².